The third-order valence-corrected chi connectivity index (χ3v) is 3.40. The minimum Gasteiger partial charge on any atom is -0.392 e. The largest absolute Gasteiger partial charge is 0.469 e. The molecular weight excluding hydrogens is 219 g/mol. The fourth-order valence-electron chi connectivity index (χ4n) is 1.03. The Morgan fingerprint density at radius 3 is 2.46 bits per heavy atom. The third-order valence-electron chi connectivity index (χ3n) is 1.61. The molecule has 1 heterocycles. The van der Waals surface area contributed by atoms with Gasteiger partial charge in [-0.3, -0.25) is 4.52 Å². The lowest BCUT2D eigenvalue weighted by Gasteiger charge is -2.13. The molecule has 1 rings (SSSR count). The summed E-state index contributed by atoms with van der Waals surface area (Å²) < 4.78 is 14.5. The van der Waals surface area contributed by atoms with Crippen molar-refractivity contribution in [2.24, 2.45) is 0 Å². The first-order chi connectivity index (χ1) is 5.88. The monoisotopic (exact) mass is 230 g/mol. The van der Waals surface area contributed by atoms with Crippen LogP contribution in [0.1, 0.15) is 6.42 Å². The molecule has 4 N–H and O–H groups in total. The quantitative estimate of drug-likeness (QED) is 0.474. The molecule has 0 aliphatic carbocycles. The maximum Gasteiger partial charge on any atom is 0.469 e. The highest BCUT2D eigenvalue weighted by atomic mass is 32.2. The van der Waals surface area contributed by atoms with Crippen LogP contribution in [0, 0.1) is 0 Å². The van der Waals surface area contributed by atoms with Crippen LogP contribution in [-0.2, 0) is 9.09 Å². The Balaban J connectivity index is 2.34. The number of rotatable bonds is 3. The van der Waals surface area contributed by atoms with Gasteiger partial charge in [-0.1, -0.05) is 0 Å². The summed E-state index contributed by atoms with van der Waals surface area (Å²) in [7, 11) is -4.47. The van der Waals surface area contributed by atoms with E-state index in [2.05, 4.69) is 4.52 Å². The van der Waals surface area contributed by atoms with Gasteiger partial charge >= 0.3 is 7.82 Å². The second kappa shape index (κ2) is 4.27. The van der Waals surface area contributed by atoms with Gasteiger partial charge in [0.25, 0.3) is 0 Å². The van der Waals surface area contributed by atoms with Crippen LogP contribution < -0.4 is 0 Å². The van der Waals surface area contributed by atoms with Crippen molar-refractivity contribution in [2.75, 3.05) is 6.61 Å². The number of phosphoric acid groups is 1. The molecule has 0 aromatic carbocycles. The van der Waals surface area contributed by atoms with E-state index >= 15 is 0 Å². The van der Waals surface area contributed by atoms with Gasteiger partial charge in [-0.05, 0) is 0 Å². The third kappa shape index (κ3) is 3.95. The fraction of sp³-hybridized carbons (Fsp3) is 1.00. The molecule has 1 aliphatic heterocycles. The summed E-state index contributed by atoms with van der Waals surface area (Å²) in [5.74, 6) is 0. The van der Waals surface area contributed by atoms with Crippen LogP contribution in [0.4, 0.5) is 0 Å². The maximum absolute atomic E-state index is 10.3. The average molecular weight is 230 g/mol. The van der Waals surface area contributed by atoms with Crippen molar-refractivity contribution in [3.05, 3.63) is 0 Å². The first kappa shape index (κ1) is 11.5. The fourth-order valence-corrected chi connectivity index (χ4v) is 2.63. The van der Waals surface area contributed by atoms with Crippen molar-refractivity contribution < 1.29 is 29.1 Å². The Bertz CT molecular complexity index is 217. The van der Waals surface area contributed by atoms with E-state index in [0.717, 1.165) is 11.8 Å². The van der Waals surface area contributed by atoms with Crippen molar-refractivity contribution in [3.63, 3.8) is 0 Å². The van der Waals surface area contributed by atoms with Crippen LogP contribution in [0.3, 0.4) is 0 Å². The molecule has 0 radical (unpaired) electrons. The SMILES string of the molecule is O=P(O)(O)OCC1SC(O)CC1O. The van der Waals surface area contributed by atoms with Crippen LogP contribution in [0.25, 0.3) is 0 Å². The lowest BCUT2D eigenvalue weighted by molar-refractivity contribution is 0.113. The molecule has 1 saturated heterocycles. The molecule has 8 heteroatoms. The van der Waals surface area contributed by atoms with Gasteiger partial charge in [0.2, 0.25) is 0 Å². The smallest absolute Gasteiger partial charge is 0.392 e. The molecule has 1 aliphatic rings. The topological polar surface area (TPSA) is 107 Å². The predicted octanol–water partition coefficient (Wildman–Crippen LogP) is -0.720. The molecule has 0 amide bonds. The second-order valence-electron chi connectivity index (χ2n) is 2.72. The Morgan fingerprint density at radius 2 is 2.08 bits per heavy atom. The molecule has 13 heavy (non-hydrogen) atoms. The second-order valence-corrected chi connectivity index (χ2v) is 5.38. The van der Waals surface area contributed by atoms with Crippen molar-refractivity contribution in [3.8, 4) is 0 Å². The van der Waals surface area contributed by atoms with Gasteiger partial charge in [-0.15, -0.1) is 11.8 Å². The Hall–Kier alpha value is 0.380. The normalized spacial score (nSPS) is 35.2. The van der Waals surface area contributed by atoms with Gasteiger partial charge in [-0.25, -0.2) is 4.57 Å². The standard InChI is InChI=1S/C5H11O6PS/c6-3-1-5(7)13-4(3)2-11-12(8,9)10/h3-7H,1-2H2,(H2,8,9,10). The molecule has 6 nitrogen and oxygen atoms in total. The van der Waals surface area contributed by atoms with E-state index in [0.29, 0.717) is 0 Å². The first-order valence-corrected chi connectivity index (χ1v) is 6.07. The van der Waals surface area contributed by atoms with Gasteiger partial charge in [0, 0.05) is 6.42 Å². The van der Waals surface area contributed by atoms with E-state index < -0.39 is 24.6 Å². The number of hydrogen-bond acceptors (Lipinski definition) is 5. The Labute approximate surface area is 79.2 Å². The van der Waals surface area contributed by atoms with Crippen LogP contribution in [-0.4, -0.2) is 43.4 Å². The summed E-state index contributed by atoms with van der Waals surface area (Å²) in [5.41, 5.74) is -0.680. The van der Waals surface area contributed by atoms with E-state index in [9.17, 15) is 9.67 Å². The van der Waals surface area contributed by atoms with E-state index in [1.165, 1.54) is 0 Å². The number of aliphatic hydroxyl groups excluding tert-OH is 2. The predicted molar refractivity (Wildman–Crippen MR) is 46.0 cm³/mol. The summed E-state index contributed by atoms with van der Waals surface area (Å²) in [6, 6.07) is 0. The highest BCUT2D eigenvalue weighted by Gasteiger charge is 2.34. The summed E-state index contributed by atoms with van der Waals surface area (Å²) in [6.07, 6.45) is -0.564. The van der Waals surface area contributed by atoms with Crippen molar-refractivity contribution >= 4 is 19.6 Å². The zero-order valence-corrected chi connectivity index (χ0v) is 8.32. The molecule has 0 saturated carbocycles. The van der Waals surface area contributed by atoms with Crippen molar-refractivity contribution in [1.29, 1.82) is 0 Å². The number of hydrogen-bond donors (Lipinski definition) is 4. The van der Waals surface area contributed by atoms with Gasteiger partial charge in [0.05, 0.1) is 18.0 Å². The van der Waals surface area contributed by atoms with Crippen LogP contribution in [0.15, 0.2) is 0 Å². The van der Waals surface area contributed by atoms with Crippen LogP contribution in [0.2, 0.25) is 0 Å². The lowest BCUT2D eigenvalue weighted by Crippen LogP contribution is -2.22. The van der Waals surface area contributed by atoms with Gasteiger partial charge in [0.15, 0.2) is 0 Å². The highest BCUT2D eigenvalue weighted by molar-refractivity contribution is 8.00. The minimum atomic E-state index is -4.47. The van der Waals surface area contributed by atoms with Crippen LogP contribution in [0.5, 0.6) is 0 Å². The summed E-state index contributed by atoms with van der Waals surface area (Å²) in [4.78, 5) is 16.7. The zero-order chi connectivity index (χ0) is 10.1. The summed E-state index contributed by atoms with van der Waals surface area (Å²) in [5, 5.41) is 17.8. The highest BCUT2D eigenvalue weighted by Crippen LogP contribution is 2.39. The van der Waals surface area contributed by atoms with Crippen molar-refractivity contribution in [2.45, 2.75) is 23.2 Å². The summed E-state index contributed by atoms with van der Waals surface area (Å²) in [6.45, 7) is -0.257. The van der Waals surface area contributed by atoms with Gasteiger partial charge in [-0.2, -0.15) is 0 Å². The van der Waals surface area contributed by atoms with Crippen LogP contribution >= 0.6 is 19.6 Å². The number of phosphoric ester groups is 1. The molecule has 0 bridgehead atoms. The molecule has 0 aromatic rings. The lowest BCUT2D eigenvalue weighted by atomic mass is 10.2. The van der Waals surface area contributed by atoms with E-state index in [1.807, 2.05) is 0 Å². The molecule has 3 unspecified atom stereocenters. The molecular formula is C5H11O6PS. The number of aliphatic hydroxyl groups is 2. The van der Waals surface area contributed by atoms with E-state index in [4.69, 9.17) is 14.9 Å². The Morgan fingerprint density at radius 1 is 1.46 bits per heavy atom. The van der Waals surface area contributed by atoms with Gasteiger partial charge < -0.3 is 20.0 Å². The molecule has 3 atom stereocenters. The van der Waals surface area contributed by atoms with E-state index in [1.54, 1.807) is 0 Å². The average Bonchev–Trinajstić information content (AvgIpc) is 2.24. The molecule has 1 fully saturated rings. The molecule has 78 valence electrons. The molecule has 0 aromatic heterocycles. The zero-order valence-electron chi connectivity index (χ0n) is 6.61. The molecule has 0 spiro atoms. The first-order valence-electron chi connectivity index (χ1n) is 3.60. The van der Waals surface area contributed by atoms with Gasteiger partial charge in [0.1, 0.15) is 5.44 Å². The number of thioether (sulfide) groups is 1. The van der Waals surface area contributed by atoms with Crippen molar-refractivity contribution in [1.82, 2.24) is 0 Å². The Kier molecular flexibility index (Phi) is 3.76. The minimum absolute atomic E-state index is 0.208. The summed E-state index contributed by atoms with van der Waals surface area (Å²) >= 11 is 1.05. The van der Waals surface area contributed by atoms with E-state index in [-0.39, 0.29) is 13.0 Å². The maximum atomic E-state index is 10.3.